The first-order chi connectivity index (χ1) is 11.3. The number of carboxylic acids is 1. The summed E-state index contributed by atoms with van der Waals surface area (Å²) in [6.45, 7) is 3.08. The third kappa shape index (κ3) is 4.95. The minimum absolute atomic E-state index is 0.112. The minimum atomic E-state index is -1.12. The molecule has 0 radical (unpaired) electrons. The average molecular weight is 353 g/mol. The number of amides is 1. The lowest BCUT2D eigenvalue weighted by molar-refractivity contribution is -0.138. The van der Waals surface area contributed by atoms with E-state index in [4.69, 9.17) is 21.4 Å². The summed E-state index contributed by atoms with van der Waals surface area (Å²) in [7, 11) is 0. The number of rotatable bonds is 7. The van der Waals surface area contributed by atoms with E-state index < -0.39 is 11.6 Å². The molecule has 0 bridgehead atoms. The molecule has 1 heterocycles. The molecule has 2 rings (SSSR count). The molecule has 0 atom stereocenters. The standard InChI is InChI=1S/C15H17ClN4O4/c1-15(2,24-12-5-3-4-10(16)6-12)14(23)17-7-11-8-20(19-18-11)9-13(21)22/h3-6,8H,7,9H2,1-2H3,(H,17,23)(H,21,22). The lowest BCUT2D eigenvalue weighted by Gasteiger charge is -2.25. The number of hydrogen-bond acceptors (Lipinski definition) is 5. The number of carbonyl (C=O) groups is 2. The highest BCUT2D eigenvalue weighted by molar-refractivity contribution is 6.30. The second-order valence-corrected chi connectivity index (χ2v) is 5.99. The van der Waals surface area contributed by atoms with E-state index >= 15 is 0 Å². The van der Waals surface area contributed by atoms with E-state index in [9.17, 15) is 9.59 Å². The quantitative estimate of drug-likeness (QED) is 0.782. The number of benzene rings is 1. The van der Waals surface area contributed by atoms with E-state index in [1.807, 2.05) is 0 Å². The van der Waals surface area contributed by atoms with Crippen LogP contribution in [0.25, 0.3) is 0 Å². The van der Waals surface area contributed by atoms with Crippen molar-refractivity contribution in [2.45, 2.75) is 32.5 Å². The molecule has 0 fully saturated rings. The van der Waals surface area contributed by atoms with Crippen molar-refractivity contribution in [1.29, 1.82) is 0 Å². The summed E-state index contributed by atoms with van der Waals surface area (Å²) < 4.78 is 6.85. The highest BCUT2D eigenvalue weighted by atomic mass is 35.5. The Bertz CT molecular complexity index is 745. The minimum Gasteiger partial charge on any atom is -0.480 e. The molecule has 0 unspecified atom stereocenters. The summed E-state index contributed by atoms with van der Waals surface area (Å²) in [6, 6.07) is 6.76. The maximum atomic E-state index is 12.3. The lowest BCUT2D eigenvalue weighted by atomic mass is 10.1. The summed E-state index contributed by atoms with van der Waals surface area (Å²) in [5, 5.41) is 19.3. The molecule has 1 aromatic heterocycles. The summed E-state index contributed by atoms with van der Waals surface area (Å²) in [5.74, 6) is -0.892. The van der Waals surface area contributed by atoms with Crippen LogP contribution in [0.3, 0.4) is 0 Å². The van der Waals surface area contributed by atoms with Gasteiger partial charge in [-0.1, -0.05) is 22.9 Å². The van der Waals surface area contributed by atoms with E-state index in [1.165, 1.54) is 10.9 Å². The number of hydrogen-bond donors (Lipinski definition) is 2. The number of aromatic nitrogens is 3. The molecular weight excluding hydrogens is 336 g/mol. The number of nitrogens with zero attached hydrogens (tertiary/aromatic N) is 3. The fourth-order valence-corrected chi connectivity index (χ4v) is 2.07. The van der Waals surface area contributed by atoms with Crippen LogP contribution >= 0.6 is 11.6 Å². The van der Waals surface area contributed by atoms with Gasteiger partial charge in [-0.15, -0.1) is 5.10 Å². The number of aliphatic carboxylic acids is 1. The Morgan fingerprint density at radius 1 is 1.42 bits per heavy atom. The first kappa shape index (κ1) is 17.7. The number of carboxylic acid groups (broad SMARTS) is 1. The van der Waals surface area contributed by atoms with Crippen LogP contribution in [0.2, 0.25) is 5.02 Å². The average Bonchev–Trinajstić information content (AvgIpc) is 2.91. The smallest absolute Gasteiger partial charge is 0.325 e. The van der Waals surface area contributed by atoms with Crippen LogP contribution in [0, 0.1) is 0 Å². The van der Waals surface area contributed by atoms with E-state index in [1.54, 1.807) is 38.1 Å². The first-order valence-electron chi connectivity index (χ1n) is 7.10. The Morgan fingerprint density at radius 3 is 2.83 bits per heavy atom. The molecule has 0 saturated carbocycles. The molecule has 2 N–H and O–H groups in total. The Morgan fingerprint density at radius 2 is 2.17 bits per heavy atom. The largest absolute Gasteiger partial charge is 0.480 e. The van der Waals surface area contributed by atoms with Crippen LogP contribution in [0.15, 0.2) is 30.5 Å². The predicted molar refractivity (Wildman–Crippen MR) is 85.7 cm³/mol. The van der Waals surface area contributed by atoms with Gasteiger partial charge in [-0.2, -0.15) is 0 Å². The lowest BCUT2D eigenvalue weighted by Crippen LogP contribution is -2.46. The van der Waals surface area contributed by atoms with Gasteiger partial charge in [-0.3, -0.25) is 9.59 Å². The van der Waals surface area contributed by atoms with Crippen molar-refractivity contribution in [2.75, 3.05) is 0 Å². The van der Waals surface area contributed by atoms with E-state index in [2.05, 4.69) is 15.6 Å². The van der Waals surface area contributed by atoms with Crippen LogP contribution < -0.4 is 10.1 Å². The van der Waals surface area contributed by atoms with E-state index in [0.717, 1.165) is 0 Å². The number of carbonyl (C=O) groups excluding carboxylic acids is 1. The normalized spacial score (nSPS) is 11.1. The molecule has 9 heteroatoms. The second-order valence-electron chi connectivity index (χ2n) is 5.55. The molecule has 1 amide bonds. The molecular formula is C15H17ClN4O4. The van der Waals surface area contributed by atoms with Gasteiger partial charge in [0.1, 0.15) is 18.0 Å². The number of halogens is 1. The molecule has 1 aromatic carbocycles. The molecule has 0 aliphatic carbocycles. The zero-order valence-corrected chi connectivity index (χ0v) is 13.9. The van der Waals surface area contributed by atoms with Crippen molar-refractivity contribution in [3.63, 3.8) is 0 Å². The third-order valence-corrected chi connectivity index (χ3v) is 3.26. The van der Waals surface area contributed by atoms with Gasteiger partial charge in [0.2, 0.25) is 0 Å². The van der Waals surface area contributed by atoms with Gasteiger partial charge >= 0.3 is 5.97 Å². The van der Waals surface area contributed by atoms with Crippen molar-refractivity contribution < 1.29 is 19.4 Å². The van der Waals surface area contributed by atoms with Crippen molar-refractivity contribution >= 4 is 23.5 Å². The Labute approximate surface area is 143 Å². The van der Waals surface area contributed by atoms with Gasteiger partial charge in [-0.05, 0) is 32.0 Å². The number of ether oxygens (including phenoxy) is 1. The fourth-order valence-electron chi connectivity index (χ4n) is 1.89. The maximum absolute atomic E-state index is 12.3. The Hall–Kier alpha value is -2.61. The van der Waals surface area contributed by atoms with E-state index in [0.29, 0.717) is 16.5 Å². The van der Waals surface area contributed by atoms with Gasteiger partial charge < -0.3 is 15.2 Å². The maximum Gasteiger partial charge on any atom is 0.325 e. The van der Waals surface area contributed by atoms with Crippen LogP contribution in [0.5, 0.6) is 5.75 Å². The number of nitrogens with one attached hydrogen (secondary N) is 1. The van der Waals surface area contributed by atoms with Crippen LogP contribution in [0.1, 0.15) is 19.5 Å². The predicted octanol–water partition coefficient (Wildman–Crippen LogP) is 1.49. The topological polar surface area (TPSA) is 106 Å². The third-order valence-electron chi connectivity index (χ3n) is 3.03. The zero-order valence-electron chi connectivity index (χ0n) is 13.2. The molecule has 24 heavy (non-hydrogen) atoms. The summed E-state index contributed by atoms with van der Waals surface area (Å²) in [4.78, 5) is 22.9. The first-order valence-corrected chi connectivity index (χ1v) is 7.48. The highest BCUT2D eigenvalue weighted by Crippen LogP contribution is 2.22. The molecule has 0 aliphatic rings. The zero-order chi connectivity index (χ0) is 17.7. The monoisotopic (exact) mass is 352 g/mol. The summed E-state index contributed by atoms with van der Waals surface area (Å²) in [5.41, 5.74) is -0.676. The Balaban J connectivity index is 1.93. The van der Waals surface area contributed by atoms with Crippen molar-refractivity contribution in [2.24, 2.45) is 0 Å². The summed E-state index contributed by atoms with van der Waals surface area (Å²) in [6.07, 6.45) is 1.46. The van der Waals surface area contributed by atoms with Crippen LogP contribution in [-0.2, 0) is 22.7 Å². The second kappa shape index (κ2) is 7.31. The summed E-state index contributed by atoms with van der Waals surface area (Å²) >= 11 is 5.89. The van der Waals surface area contributed by atoms with Crippen molar-refractivity contribution in [1.82, 2.24) is 20.3 Å². The molecule has 128 valence electrons. The van der Waals surface area contributed by atoms with Crippen molar-refractivity contribution in [3.05, 3.63) is 41.2 Å². The van der Waals surface area contributed by atoms with Gasteiger partial charge in [0.15, 0.2) is 5.60 Å². The highest BCUT2D eigenvalue weighted by Gasteiger charge is 2.30. The Kier molecular flexibility index (Phi) is 5.40. The molecule has 8 nitrogen and oxygen atoms in total. The van der Waals surface area contributed by atoms with Gasteiger partial charge in [0, 0.05) is 5.02 Å². The van der Waals surface area contributed by atoms with Gasteiger partial charge in [-0.25, -0.2) is 4.68 Å². The van der Waals surface area contributed by atoms with Crippen molar-refractivity contribution in [3.8, 4) is 5.75 Å². The molecule has 0 aliphatic heterocycles. The molecule has 0 saturated heterocycles. The SMILES string of the molecule is CC(C)(Oc1cccc(Cl)c1)C(=O)NCc1cn(CC(=O)O)nn1. The molecule has 2 aromatic rings. The van der Waals surface area contributed by atoms with Crippen LogP contribution in [0.4, 0.5) is 0 Å². The molecule has 0 spiro atoms. The van der Waals surface area contributed by atoms with Gasteiger partial charge in [0.25, 0.3) is 5.91 Å². The fraction of sp³-hybridized carbons (Fsp3) is 0.333. The van der Waals surface area contributed by atoms with Crippen LogP contribution in [-0.4, -0.2) is 37.6 Å². The van der Waals surface area contributed by atoms with Gasteiger partial charge in [0.05, 0.1) is 12.7 Å². The van der Waals surface area contributed by atoms with E-state index in [-0.39, 0.29) is 19.0 Å².